The molecule has 3 aromatic rings. The second kappa shape index (κ2) is 8.12. The van der Waals surface area contributed by atoms with Gasteiger partial charge in [0.2, 0.25) is 0 Å². The summed E-state index contributed by atoms with van der Waals surface area (Å²) in [5, 5.41) is 14.0. The molecular formula is C25H25FN6O. The van der Waals surface area contributed by atoms with Gasteiger partial charge in [-0.15, -0.1) is 0 Å². The summed E-state index contributed by atoms with van der Waals surface area (Å²) in [6.45, 7) is 3.67. The average Bonchev–Trinajstić information content (AvgIpc) is 3.45. The van der Waals surface area contributed by atoms with Crippen molar-refractivity contribution in [3.05, 3.63) is 64.2 Å². The molecule has 3 N–H and O–H groups in total. The fraction of sp³-hybridized carbons (Fsp3) is 0.320. The highest BCUT2D eigenvalue weighted by molar-refractivity contribution is 5.68. The highest BCUT2D eigenvalue weighted by Gasteiger charge is 2.26. The second-order valence-corrected chi connectivity index (χ2v) is 8.93. The topological polar surface area (TPSA) is 87.8 Å². The number of nitrogens with one attached hydrogen (secondary N) is 3. The van der Waals surface area contributed by atoms with E-state index in [0.717, 1.165) is 54.0 Å². The van der Waals surface area contributed by atoms with Crippen LogP contribution in [0.15, 0.2) is 35.9 Å². The molecule has 0 unspecified atom stereocenters. The molecule has 0 bridgehead atoms. The van der Waals surface area contributed by atoms with Crippen LogP contribution in [0.4, 0.5) is 16.0 Å². The number of aromatic nitrogens is 4. The lowest BCUT2D eigenvalue weighted by Gasteiger charge is -2.16. The van der Waals surface area contributed by atoms with Gasteiger partial charge in [0.1, 0.15) is 5.82 Å². The first-order valence-corrected chi connectivity index (χ1v) is 11.4. The van der Waals surface area contributed by atoms with Crippen LogP contribution in [0, 0.1) is 5.82 Å². The van der Waals surface area contributed by atoms with Crippen LogP contribution in [0.3, 0.4) is 0 Å². The molecule has 1 saturated carbocycles. The van der Waals surface area contributed by atoms with Gasteiger partial charge in [-0.3, -0.25) is 5.10 Å². The number of halogens is 1. The number of allylic oxidation sites excluding steroid dienone is 1. The number of H-pyrrole nitrogens is 1. The van der Waals surface area contributed by atoms with Crippen LogP contribution >= 0.6 is 0 Å². The lowest BCUT2D eigenvalue weighted by Crippen LogP contribution is -2.20. The van der Waals surface area contributed by atoms with Crippen LogP contribution in [0.5, 0.6) is 11.8 Å². The number of fused-ring (bicyclic) bond motifs is 1. The number of benzene rings is 1. The van der Waals surface area contributed by atoms with Crippen molar-refractivity contribution in [1.82, 2.24) is 25.5 Å². The van der Waals surface area contributed by atoms with E-state index >= 15 is 4.39 Å². The molecule has 0 radical (unpaired) electrons. The standard InChI is InChI=1S/C25H25FN6O/c1-14-10-17-4-5-21(24(26)18(17)11-14)33-25-28-19(16-6-8-27-9-7-16)12-22(30-25)29-23-13-20(31-32-23)15-2-3-15/h4-6,11-13,15,27H,2-3,7-10H2,1H3,(H2,28,29,30,31,32). The Hall–Kier alpha value is -3.52. The molecule has 3 heterocycles. The van der Waals surface area contributed by atoms with Crippen LogP contribution in [0.1, 0.15) is 54.6 Å². The minimum absolute atomic E-state index is 0.102. The predicted molar refractivity (Wildman–Crippen MR) is 125 cm³/mol. The summed E-state index contributed by atoms with van der Waals surface area (Å²) in [6.07, 6.45) is 7.99. The minimum atomic E-state index is -0.379. The summed E-state index contributed by atoms with van der Waals surface area (Å²) in [5.74, 6) is 1.57. The third kappa shape index (κ3) is 4.14. The fourth-order valence-electron chi connectivity index (χ4n) is 4.39. The monoisotopic (exact) mass is 444 g/mol. The number of hydrogen-bond donors (Lipinski definition) is 3. The maximum absolute atomic E-state index is 15.1. The van der Waals surface area contributed by atoms with E-state index in [9.17, 15) is 0 Å². The Kier molecular flexibility index (Phi) is 4.95. The van der Waals surface area contributed by atoms with E-state index in [2.05, 4.69) is 36.9 Å². The molecule has 33 heavy (non-hydrogen) atoms. The SMILES string of the molecule is CC1=Cc2c(ccc(Oc3nc(Nc4cc(C5CC5)[nH]n4)cc(C4=CCNCC4)n3)c2F)C1. The van der Waals surface area contributed by atoms with E-state index in [0.29, 0.717) is 23.1 Å². The molecule has 0 amide bonds. The maximum atomic E-state index is 15.1. The number of nitrogens with zero attached hydrogens (tertiary/aromatic N) is 3. The van der Waals surface area contributed by atoms with E-state index in [1.54, 1.807) is 6.07 Å². The molecule has 0 spiro atoms. The van der Waals surface area contributed by atoms with Crippen LogP contribution in [0.25, 0.3) is 11.6 Å². The van der Waals surface area contributed by atoms with Crippen molar-refractivity contribution >= 4 is 23.3 Å². The van der Waals surface area contributed by atoms with E-state index in [1.165, 1.54) is 12.8 Å². The quantitative estimate of drug-likeness (QED) is 0.491. The molecule has 1 aromatic carbocycles. The first-order chi connectivity index (χ1) is 16.1. The smallest absolute Gasteiger partial charge is 0.324 e. The van der Waals surface area contributed by atoms with Crippen LogP contribution in [-0.2, 0) is 6.42 Å². The highest BCUT2D eigenvalue weighted by atomic mass is 19.1. The molecular weight excluding hydrogens is 419 g/mol. The first kappa shape index (κ1) is 20.1. The van der Waals surface area contributed by atoms with Crippen LogP contribution < -0.4 is 15.4 Å². The number of ether oxygens (including phenoxy) is 1. The molecule has 2 aliphatic carbocycles. The molecule has 7 nitrogen and oxygen atoms in total. The maximum Gasteiger partial charge on any atom is 0.324 e. The Labute approximate surface area is 191 Å². The Morgan fingerprint density at radius 1 is 1.15 bits per heavy atom. The van der Waals surface area contributed by atoms with Gasteiger partial charge in [-0.05, 0) is 56.4 Å². The van der Waals surface area contributed by atoms with Crippen molar-refractivity contribution in [2.45, 2.75) is 38.5 Å². The lowest BCUT2D eigenvalue weighted by atomic mass is 10.1. The zero-order valence-electron chi connectivity index (χ0n) is 18.4. The molecule has 6 rings (SSSR count). The van der Waals surface area contributed by atoms with Crippen molar-refractivity contribution in [1.29, 1.82) is 0 Å². The van der Waals surface area contributed by atoms with Crippen molar-refractivity contribution in [3.63, 3.8) is 0 Å². The molecule has 0 atom stereocenters. The van der Waals surface area contributed by atoms with E-state index in [-0.39, 0.29) is 17.6 Å². The summed E-state index contributed by atoms with van der Waals surface area (Å²) in [7, 11) is 0. The summed E-state index contributed by atoms with van der Waals surface area (Å²) in [4.78, 5) is 9.12. The third-order valence-electron chi connectivity index (χ3n) is 6.27. The Morgan fingerprint density at radius 2 is 2.06 bits per heavy atom. The van der Waals surface area contributed by atoms with Gasteiger partial charge in [0.25, 0.3) is 0 Å². The van der Waals surface area contributed by atoms with Gasteiger partial charge in [0.05, 0.1) is 5.69 Å². The number of rotatable bonds is 6. The van der Waals surface area contributed by atoms with Gasteiger partial charge in [-0.1, -0.05) is 23.8 Å². The van der Waals surface area contributed by atoms with Gasteiger partial charge in [0.15, 0.2) is 17.4 Å². The number of anilines is 2. The summed E-state index contributed by atoms with van der Waals surface area (Å²) >= 11 is 0. The Bertz CT molecular complexity index is 1290. The molecule has 1 aliphatic heterocycles. The Morgan fingerprint density at radius 3 is 2.88 bits per heavy atom. The summed E-state index contributed by atoms with van der Waals surface area (Å²) < 4.78 is 21.0. The lowest BCUT2D eigenvalue weighted by molar-refractivity contribution is 0.410. The van der Waals surface area contributed by atoms with E-state index in [4.69, 9.17) is 4.74 Å². The van der Waals surface area contributed by atoms with E-state index < -0.39 is 0 Å². The first-order valence-electron chi connectivity index (χ1n) is 11.4. The van der Waals surface area contributed by atoms with Crippen molar-refractivity contribution in [2.75, 3.05) is 18.4 Å². The Balaban J connectivity index is 1.33. The zero-order valence-corrected chi connectivity index (χ0v) is 18.4. The average molecular weight is 445 g/mol. The van der Waals surface area contributed by atoms with Crippen molar-refractivity contribution in [3.8, 4) is 11.8 Å². The molecule has 2 aromatic heterocycles. The third-order valence-corrected chi connectivity index (χ3v) is 6.27. The number of hydrogen-bond acceptors (Lipinski definition) is 6. The number of aromatic amines is 1. The molecule has 0 saturated heterocycles. The zero-order chi connectivity index (χ0) is 22.4. The largest absolute Gasteiger partial charge is 0.421 e. The fourth-order valence-corrected chi connectivity index (χ4v) is 4.39. The second-order valence-electron chi connectivity index (χ2n) is 8.93. The van der Waals surface area contributed by atoms with Crippen LogP contribution in [-0.4, -0.2) is 33.3 Å². The normalized spacial score (nSPS) is 17.4. The van der Waals surface area contributed by atoms with Gasteiger partial charge >= 0.3 is 6.01 Å². The predicted octanol–water partition coefficient (Wildman–Crippen LogP) is 5.09. The molecule has 3 aliphatic rings. The molecule has 168 valence electrons. The van der Waals surface area contributed by atoms with Gasteiger partial charge in [-0.25, -0.2) is 4.39 Å². The highest BCUT2D eigenvalue weighted by Crippen LogP contribution is 2.40. The molecule has 8 heteroatoms. The van der Waals surface area contributed by atoms with Crippen LogP contribution in [0.2, 0.25) is 0 Å². The van der Waals surface area contributed by atoms with Gasteiger partial charge in [0, 0.05) is 35.9 Å². The van der Waals surface area contributed by atoms with Gasteiger partial charge in [-0.2, -0.15) is 15.1 Å². The molecule has 1 fully saturated rings. The van der Waals surface area contributed by atoms with Crippen molar-refractivity contribution in [2.24, 2.45) is 0 Å². The summed E-state index contributed by atoms with van der Waals surface area (Å²) in [5.41, 5.74) is 5.70. The van der Waals surface area contributed by atoms with Crippen molar-refractivity contribution < 1.29 is 9.13 Å². The minimum Gasteiger partial charge on any atom is -0.421 e. The summed E-state index contributed by atoms with van der Waals surface area (Å²) in [6, 6.07) is 7.56. The van der Waals surface area contributed by atoms with Gasteiger partial charge < -0.3 is 15.4 Å². The van der Waals surface area contributed by atoms with E-state index in [1.807, 2.05) is 31.2 Å².